The predicted octanol–water partition coefficient (Wildman–Crippen LogP) is 0.936. The Hall–Kier alpha value is -1.26. The number of carbonyl (C=O) groups is 2. The van der Waals surface area contributed by atoms with Gasteiger partial charge in [0.05, 0.1) is 5.41 Å². The highest BCUT2D eigenvalue weighted by atomic mass is 16.4. The summed E-state index contributed by atoms with van der Waals surface area (Å²) in [6.07, 6.45) is 3.02. The van der Waals surface area contributed by atoms with E-state index in [0.717, 1.165) is 12.8 Å². The van der Waals surface area contributed by atoms with Crippen molar-refractivity contribution in [2.75, 3.05) is 6.54 Å². The second-order valence-corrected chi connectivity index (χ2v) is 4.49. The minimum absolute atomic E-state index is 0.143. The number of rotatable bonds is 3. The summed E-state index contributed by atoms with van der Waals surface area (Å²) >= 11 is 0. The first-order chi connectivity index (χ1) is 6.96. The van der Waals surface area contributed by atoms with E-state index < -0.39 is 17.4 Å². The second kappa shape index (κ2) is 4.51. The number of urea groups is 1. The van der Waals surface area contributed by atoms with E-state index in [4.69, 9.17) is 5.73 Å². The highest BCUT2D eigenvalue weighted by Crippen LogP contribution is 2.38. The number of primary amides is 1. The lowest BCUT2D eigenvalue weighted by molar-refractivity contribution is -0.151. The van der Waals surface area contributed by atoms with Crippen molar-refractivity contribution in [1.82, 2.24) is 5.32 Å². The van der Waals surface area contributed by atoms with Crippen LogP contribution in [0.1, 0.15) is 32.6 Å². The third-order valence-electron chi connectivity index (χ3n) is 3.29. The van der Waals surface area contributed by atoms with E-state index in [1.807, 2.05) is 0 Å². The van der Waals surface area contributed by atoms with Crippen molar-refractivity contribution in [3.63, 3.8) is 0 Å². The zero-order valence-corrected chi connectivity index (χ0v) is 8.95. The summed E-state index contributed by atoms with van der Waals surface area (Å²) in [4.78, 5) is 21.8. The number of carbonyl (C=O) groups excluding carboxylic acids is 1. The first kappa shape index (κ1) is 11.8. The molecule has 0 bridgehead atoms. The number of hydrogen-bond acceptors (Lipinski definition) is 2. The highest BCUT2D eigenvalue weighted by molar-refractivity contribution is 5.77. The van der Waals surface area contributed by atoms with Gasteiger partial charge in [-0.05, 0) is 31.6 Å². The van der Waals surface area contributed by atoms with Crippen molar-refractivity contribution in [2.24, 2.45) is 17.1 Å². The van der Waals surface area contributed by atoms with Gasteiger partial charge in [0.2, 0.25) is 0 Å². The summed E-state index contributed by atoms with van der Waals surface area (Å²) in [5, 5.41) is 11.6. The molecule has 86 valence electrons. The van der Waals surface area contributed by atoms with Gasteiger partial charge in [0, 0.05) is 6.54 Å². The standard InChI is InChI=1S/C10H18N2O3/c1-7-2-4-10(5-3-7,8(13)14)6-12-9(11)15/h7H,2-6H2,1H3,(H,13,14)(H3,11,12,15). The molecule has 0 aromatic heterocycles. The molecule has 0 radical (unpaired) electrons. The number of amides is 2. The molecule has 1 rings (SSSR count). The molecule has 4 N–H and O–H groups in total. The molecule has 5 nitrogen and oxygen atoms in total. The van der Waals surface area contributed by atoms with Gasteiger partial charge in [0.25, 0.3) is 0 Å². The molecular weight excluding hydrogens is 196 g/mol. The summed E-state index contributed by atoms with van der Waals surface area (Å²) in [5.74, 6) is -0.255. The average Bonchev–Trinajstić information content (AvgIpc) is 2.17. The molecule has 1 aliphatic carbocycles. The molecule has 0 aromatic rings. The number of carboxylic acid groups (broad SMARTS) is 1. The van der Waals surface area contributed by atoms with Crippen molar-refractivity contribution >= 4 is 12.0 Å². The molecule has 0 aromatic carbocycles. The lowest BCUT2D eigenvalue weighted by Crippen LogP contribution is -2.46. The highest BCUT2D eigenvalue weighted by Gasteiger charge is 2.41. The Morgan fingerprint density at radius 3 is 2.40 bits per heavy atom. The Labute approximate surface area is 89.0 Å². The smallest absolute Gasteiger partial charge is 0.312 e. The monoisotopic (exact) mass is 214 g/mol. The summed E-state index contributed by atoms with van der Waals surface area (Å²) in [5.41, 5.74) is 4.15. The second-order valence-electron chi connectivity index (χ2n) is 4.49. The van der Waals surface area contributed by atoms with Gasteiger partial charge in [0.15, 0.2) is 0 Å². The molecule has 2 amide bonds. The molecule has 15 heavy (non-hydrogen) atoms. The third-order valence-corrected chi connectivity index (χ3v) is 3.29. The SMILES string of the molecule is CC1CCC(CNC(N)=O)(C(=O)O)CC1. The molecule has 0 spiro atoms. The molecule has 0 aliphatic heterocycles. The maximum Gasteiger partial charge on any atom is 0.312 e. The third kappa shape index (κ3) is 2.84. The van der Waals surface area contributed by atoms with Gasteiger partial charge in [-0.25, -0.2) is 4.79 Å². The van der Waals surface area contributed by atoms with Crippen LogP contribution in [0.2, 0.25) is 0 Å². The van der Waals surface area contributed by atoms with Crippen LogP contribution >= 0.6 is 0 Å². The minimum atomic E-state index is -0.830. The molecule has 5 heteroatoms. The number of nitrogens with one attached hydrogen (secondary N) is 1. The van der Waals surface area contributed by atoms with E-state index in [-0.39, 0.29) is 6.54 Å². The van der Waals surface area contributed by atoms with Crippen LogP contribution in [0.3, 0.4) is 0 Å². The fourth-order valence-corrected chi connectivity index (χ4v) is 2.04. The number of aliphatic carboxylic acids is 1. The quantitative estimate of drug-likeness (QED) is 0.652. The van der Waals surface area contributed by atoms with E-state index in [1.54, 1.807) is 0 Å². The maximum absolute atomic E-state index is 11.2. The van der Waals surface area contributed by atoms with Gasteiger partial charge < -0.3 is 16.2 Å². The van der Waals surface area contributed by atoms with Crippen molar-refractivity contribution in [3.05, 3.63) is 0 Å². The summed E-state index contributed by atoms with van der Waals surface area (Å²) in [6, 6.07) is -0.658. The summed E-state index contributed by atoms with van der Waals surface area (Å²) in [7, 11) is 0. The molecule has 0 heterocycles. The van der Waals surface area contributed by atoms with Gasteiger partial charge in [-0.15, -0.1) is 0 Å². The van der Waals surface area contributed by atoms with E-state index in [1.165, 1.54) is 0 Å². The molecule has 0 saturated heterocycles. The summed E-state index contributed by atoms with van der Waals surface area (Å²) in [6.45, 7) is 2.26. The molecule has 1 fully saturated rings. The van der Waals surface area contributed by atoms with Gasteiger partial charge >= 0.3 is 12.0 Å². The van der Waals surface area contributed by atoms with Gasteiger partial charge in [-0.1, -0.05) is 6.92 Å². The Morgan fingerprint density at radius 1 is 1.47 bits per heavy atom. The Bertz CT molecular complexity index is 257. The van der Waals surface area contributed by atoms with Gasteiger partial charge in [-0.3, -0.25) is 4.79 Å². The van der Waals surface area contributed by atoms with Gasteiger partial charge in [-0.2, -0.15) is 0 Å². The fourth-order valence-electron chi connectivity index (χ4n) is 2.04. The predicted molar refractivity (Wildman–Crippen MR) is 55.3 cm³/mol. The van der Waals surface area contributed by atoms with E-state index in [9.17, 15) is 14.7 Å². The Morgan fingerprint density at radius 2 is 2.00 bits per heavy atom. The van der Waals surface area contributed by atoms with Crippen LogP contribution in [0.5, 0.6) is 0 Å². The number of nitrogens with two attached hydrogens (primary N) is 1. The van der Waals surface area contributed by atoms with Crippen LogP contribution in [-0.4, -0.2) is 23.7 Å². The zero-order valence-electron chi connectivity index (χ0n) is 8.95. The van der Waals surface area contributed by atoms with E-state index in [0.29, 0.717) is 18.8 Å². The summed E-state index contributed by atoms with van der Waals surface area (Å²) < 4.78 is 0. The first-order valence-electron chi connectivity index (χ1n) is 5.23. The molecule has 1 aliphatic rings. The Kier molecular flexibility index (Phi) is 3.55. The van der Waals surface area contributed by atoms with E-state index >= 15 is 0 Å². The van der Waals surface area contributed by atoms with Crippen molar-refractivity contribution < 1.29 is 14.7 Å². The average molecular weight is 214 g/mol. The van der Waals surface area contributed by atoms with Crippen LogP contribution in [0.15, 0.2) is 0 Å². The molecular formula is C10H18N2O3. The number of carboxylic acids is 1. The zero-order chi connectivity index (χ0) is 11.5. The molecule has 1 saturated carbocycles. The van der Waals surface area contributed by atoms with Crippen molar-refractivity contribution in [2.45, 2.75) is 32.6 Å². The van der Waals surface area contributed by atoms with Crippen molar-refractivity contribution in [1.29, 1.82) is 0 Å². The molecule has 0 atom stereocenters. The molecule has 0 unspecified atom stereocenters. The lowest BCUT2D eigenvalue weighted by Gasteiger charge is -2.35. The van der Waals surface area contributed by atoms with Crippen LogP contribution in [0.4, 0.5) is 4.79 Å². The Balaban J connectivity index is 2.63. The number of hydrogen-bond donors (Lipinski definition) is 3. The van der Waals surface area contributed by atoms with Crippen LogP contribution in [0, 0.1) is 11.3 Å². The largest absolute Gasteiger partial charge is 0.481 e. The minimum Gasteiger partial charge on any atom is -0.481 e. The van der Waals surface area contributed by atoms with Crippen molar-refractivity contribution in [3.8, 4) is 0 Å². The lowest BCUT2D eigenvalue weighted by atomic mass is 9.71. The van der Waals surface area contributed by atoms with Crippen LogP contribution in [-0.2, 0) is 4.79 Å². The van der Waals surface area contributed by atoms with E-state index in [2.05, 4.69) is 12.2 Å². The van der Waals surface area contributed by atoms with Crippen LogP contribution < -0.4 is 11.1 Å². The fraction of sp³-hybridized carbons (Fsp3) is 0.800. The normalized spacial score (nSPS) is 30.9. The van der Waals surface area contributed by atoms with Crippen LogP contribution in [0.25, 0.3) is 0 Å². The topological polar surface area (TPSA) is 92.4 Å². The van der Waals surface area contributed by atoms with Gasteiger partial charge in [0.1, 0.15) is 0 Å². The maximum atomic E-state index is 11.2. The first-order valence-corrected chi connectivity index (χ1v) is 5.23.